The van der Waals surface area contributed by atoms with E-state index < -0.39 is 0 Å². The molecule has 0 fully saturated rings. The van der Waals surface area contributed by atoms with Gasteiger partial charge in [0.15, 0.2) is 0 Å². The van der Waals surface area contributed by atoms with E-state index in [1.165, 1.54) is 31.4 Å². The van der Waals surface area contributed by atoms with Crippen LogP contribution in [-0.4, -0.2) is 17.5 Å². The lowest BCUT2D eigenvalue weighted by atomic mass is 10.0. The number of unbranched alkanes of at least 4 members (excludes halogenated alkanes) is 2. The van der Waals surface area contributed by atoms with Gasteiger partial charge in [-0.05, 0) is 51.4 Å². The highest BCUT2D eigenvalue weighted by atomic mass is 15.2. The van der Waals surface area contributed by atoms with Crippen molar-refractivity contribution in [2.24, 2.45) is 0 Å². The van der Waals surface area contributed by atoms with Crippen molar-refractivity contribution in [3.05, 3.63) is 29.8 Å². The Balaban J connectivity index is 2.69. The summed E-state index contributed by atoms with van der Waals surface area (Å²) in [6.45, 7) is 10.3. The minimum atomic E-state index is 0.461. The molecule has 0 amide bonds. The largest absolute Gasteiger partial charge is 0.399 e. The molecule has 18 heavy (non-hydrogen) atoms. The smallest absolute Gasteiger partial charge is 0.0322 e. The number of nitrogen functional groups attached to an aromatic ring is 1. The van der Waals surface area contributed by atoms with E-state index in [9.17, 15) is 0 Å². The molecular formula is C16H28N2. The molecule has 1 atom stereocenters. The molecule has 102 valence electrons. The van der Waals surface area contributed by atoms with Crippen molar-refractivity contribution in [1.29, 1.82) is 0 Å². The number of rotatable bonds is 7. The van der Waals surface area contributed by atoms with Crippen LogP contribution in [-0.2, 0) is 0 Å². The van der Waals surface area contributed by atoms with Crippen molar-refractivity contribution >= 4 is 5.69 Å². The number of anilines is 1. The zero-order chi connectivity index (χ0) is 13.5. The van der Waals surface area contributed by atoms with Gasteiger partial charge in [0.25, 0.3) is 0 Å². The summed E-state index contributed by atoms with van der Waals surface area (Å²) in [6.07, 6.45) is 3.88. The normalized spacial score (nSPS) is 13.2. The molecule has 1 aromatic carbocycles. The van der Waals surface area contributed by atoms with Crippen LogP contribution in [0, 0.1) is 0 Å². The summed E-state index contributed by atoms with van der Waals surface area (Å²) >= 11 is 0. The predicted octanol–water partition coefficient (Wildman–Crippen LogP) is 4.23. The first kappa shape index (κ1) is 15.0. The topological polar surface area (TPSA) is 29.3 Å². The zero-order valence-electron chi connectivity index (χ0n) is 12.3. The van der Waals surface area contributed by atoms with Gasteiger partial charge in [0, 0.05) is 17.8 Å². The molecule has 0 aliphatic rings. The van der Waals surface area contributed by atoms with Crippen LogP contribution in [0.15, 0.2) is 24.3 Å². The Kier molecular flexibility index (Phi) is 6.20. The first-order valence-electron chi connectivity index (χ1n) is 7.17. The molecule has 1 aromatic rings. The number of benzene rings is 1. The first-order valence-corrected chi connectivity index (χ1v) is 7.17. The predicted molar refractivity (Wildman–Crippen MR) is 80.6 cm³/mol. The van der Waals surface area contributed by atoms with Gasteiger partial charge in [-0.2, -0.15) is 0 Å². The Morgan fingerprint density at radius 2 is 1.67 bits per heavy atom. The molecule has 0 bridgehead atoms. The van der Waals surface area contributed by atoms with Gasteiger partial charge in [-0.3, -0.25) is 4.90 Å². The van der Waals surface area contributed by atoms with Gasteiger partial charge >= 0.3 is 0 Å². The monoisotopic (exact) mass is 248 g/mol. The second kappa shape index (κ2) is 7.42. The van der Waals surface area contributed by atoms with Crippen LogP contribution in [0.3, 0.4) is 0 Å². The van der Waals surface area contributed by atoms with Crippen LogP contribution in [0.2, 0.25) is 0 Å². The van der Waals surface area contributed by atoms with Gasteiger partial charge < -0.3 is 5.73 Å². The fourth-order valence-electron chi connectivity index (χ4n) is 2.41. The van der Waals surface area contributed by atoms with Crippen molar-refractivity contribution in [2.75, 3.05) is 12.3 Å². The van der Waals surface area contributed by atoms with Gasteiger partial charge in [0.2, 0.25) is 0 Å². The van der Waals surface area contributed by atoms with Crippen LogP contribution < -0.4 is 5.73 Å². The Labute approximate surface area is 112 Å². The molecule has 0 saturated carbocycles. The summed E-state index contributed by atoms with van der Waals surface area (Å²) < 4.78 is 0. The number of hydrogen-bond acceptors (Lipinski definition) is 2. The summed E-state index contributed by atoms with van der Waals surface area (Å²) in [6, 6.07) is 9.33. The molecule has 1 rings (SSSR count). The summed E-state index contributed by atoms with van der Waals surface area (Å²) in [4.78, 5) is 2.57. The lowest BCUT2D eigenvalue weighted by Crippen LogP contribution is -2.34. The second-order valence-corrected chi connectivity index (χ2v) is 5.38. The van der Waals surface area contributed by atoms with Gasteiger partial charge in [0.1, 0.15) is 0 Å². The second-order valence-electron chi connectivity index (χ2n) is 5.38. The maximum absolute atomic E-state index is 5.75. The van der Waals surface area contributed by atoms with Crippen molar-refractivity contribution in [1.82, 2.24) is 4.90 Å². The molecule has 1 unspecified atom stereocenters. The van der Waals surface area contributed by atoms with Crippen molar-refractivity contribution in [3.8, 4) is 0 Å². The first-order chi connectivity index (χ1) is 8.56. The molecule has 0 aromatic heterocycles. The lowest BCUT2D eigenvalue weighted by molar-refractivity contribution is 0.161. The van der Waals surface area contributed by atoms with Crippen LogP contribution >= 0.6 is 0 Å². The molecule has 0 aliphatic heterocycles. The van der Waals surface area contributed by atoms with E-state index in [-0.39, 0.29) is 0 Å². The average molecular weight is 248 g/mol. The van der Waals surface area contributed by atoms with Gasteiger partial charge in [-0.15, -0.1) is 0 Å². The minimum absolute atomic E-state index is 0.461. The van der Waals surface area contributed by atoms with E-state index >= 15 is 0 Å². The summed E-state index contributed by atoms with van der Waals surface area (Å²) in [5, 5.41) is 0. The number of nitrogens with two attached hydrogens (primary N) is 1. The van der Waals surface area contributed by atoms with Gasteiger partial charge in [-0.25, -0.2) is 0 Å². The molecule has 2 nitrogen and oxygen atoms in total. The number of hydrogen-bond donors (Lipinski definition) is 1. The molecule has 2 N–H and O–H groups in total. The molecular weight excluding hydrogens is 220 g/mol. The van der Waals surface area contributed by atoms with Crippen molar-refractivity contribution < 1.29 is 0 Å². The highest BCUT2D eigenvalue weighted by Gasteiger charge is 2.17. The standard InChI is InChI=1S/C16H28N2/c1-5-6-7-12-18(13(2)3)14(4)15-8-10-16(17)11-9-15/h8-11,13-14H,5-7,12,17H2,1-4H3. The van der Waals surface area contributed by atoms with E-state index in [1.807, 2.05) is 12.1 Å². The zero-order valence-corrected chi connectivity index (χ0v) is 12.3. The molecule has 2 heteroatoms. The van der Waals surface area contributed by atoms with E-state index in [0.717, 1.165) is 5.69 Å². The van der Waals surface area contributed by atoms with E-state index in [4.69, 9.17) is 5.73 Å². The van der Waals surface area contributed by atoms with Crippen molar-refractivity contribution in [3.63, 3.8) is 0 Å². The molecule has 0 heterocycles. The third-order valence-electron chi connectivity index (χ3n) is 3.60. The fraction of sp³-hybridized carbons (Fsp3) is 0.625. The Bertz CT molecular complexity index is 329. The average Bonchev–Trinajstić information content (AvgIpc) is 2.34. The third-order valence-corrected chi connectivity index (χ3v) is 3.60. The summed E-state index contributed by atoms with van der Waals surface area (Å²) in [5.74, 6) is 0. The Morgan fingerprint density at radius 1 is 1.06 bits per heavy atom. The lowest BCUT2D eigenvalue weighted by Gasteiger charge is -2.33. The summed E-state index contributed by atoms with van der Waals surface area (Å²) in [7, 11) is 0. The Hall–Kier alpha value is -1.02. The van der Waals surface area contributed by atoms with E-state index in [2.05, 4.69) is 44.7 Å². The van der Waals surface area contributed by atoms with Gasteiger partial charge in [0.05, 0.1) is 0 Å². The highest BCUT2D eigenvalue weighted by Crippen LogP contribution is 2.23. The van der Waals surface area contributed by atoms with Gasteiger partial charge in [-0.1, -0.05) is 31.9 Å². The van der Waals surface area contributed by atoms with Crippen LogP contribution in [0.5, 0.6) is 0 Å². The highest BCUT2D eigenvalue weighted by molar-refractivity contribution is 5.40. The maximum Gasteiger partial charge on any atom is 0.0322 e. The van der Waals surface area contributed by atoms with Crippen LogP contribution in [0.1, 0.15) is 58.6 Å². The molecule has 0 spiro atoms. The van der Waals surface area contributed by atoms with E-state index in [1.54, 1.807) is 0 Å². The quantitative estimate of drug-likeness (QED) is 0.578. The number of nitrogens with zero attached hydrogens (tertiary/aromatic N) is 1. The molecule has 0 aliphatic carbocycles. The SMILES string of the molecule is CCCCCN(C(C)C)C(C)c1ccc(N)cc1. The Morgan fingerprint density at radius 3 is 2.17 bits per heavy atom. The van der Waals surface area contributed by atoms with Crippen molar-refractivity contribution in [2.45, 2.75) is 59.0 Å². The molecule has 0 radical (unpaired) electrons. The van der Waals surface area contributed by atoms with E-state index in [0.29, 0.717) is 12.1 Å². The minimum Gasteiger partial charge on any atom is -0.399 e. The fourth-order valence-corrected chi connectivity index (χ4v) is 2.41. The maximum atomic E-state index is 5.75. The third kappa shape index (κ3) is 4.34. The van der Waals surface area contributed by atoms with Crippen LogP contribution in [0.4, 0.5) is 5.69 Å². The van der Waals surface area contributed by atoms with Crippen LogP contribution in [0.25, 0.3) is 0 Å². The molecule has 0 saturated heterocycles. The summed E-state index contributed by atoms with van der Waals surface area (Å²) in [5.41, 5.74) is 7.94.